The van der Waals surface area contributed by atoms with E-state index in [2.05, 4.69) is 5.32 Å². The fraction of sp³-hybridized carbons (Fsp3) is 0.259. The number of rotatable bonds is 12. The van der Waals surface area contributed by atoms with Crippen LogP contribution in [0, 0.1) is 15.9 Å². The lowest BCUT2D eigenvalue weighted by atomic mass is 10.0. The molecule has 3 aromatic rings. The Balaban J connectivity index is 2.11. The van der Waals surface area contributed by atoms with E-state index in [-0.39, 0.29) is 30.0 Å². The molecule has 40 heavy (non-hydrogen) atoms. The van der Waals surface area contributed by atoms with Crippen molar-refractivity contribution in [3.8, 4) is 5.75 Å². The van der Waals surface area contributed by atoms with Crippen molar-refractivity contribution < 1.29 is 32.1 Å². The van der Waals surface area contributed by atoms with Crippen molar-refractivity contribution in [2.45, 2.75) is 19.0 Å². The van der Waals surface area contributed by atoms with E-state index in [1.165, 1.54) is 38.4 Å². The van der Waals surface area contributed by atoms with Crippen LogP contribution in [0.5, 0.6) is 5.75 Å². The van der Waals surface area contributed by atoms with Gasteiger partial charge in [0.25, 0.3) is 5.69 Å². The van der Waals surface area contributed by atoms with E-state index < -0.39 is 50.9 Å². The molecule has 11 nitrogen and oxygen atoms in total. The summed E-state index contributed by atoms with van der Waals surface area (Å²) in [6.07, 6.45) is 0.889. The Morgan fingerprint density at radius 3 is 2.30 bits per heavy atom. The topological polar surface area (TPSA) is 139 Å². The number of amides is 2. The minimum atomic E-state index is -4.20. The zero-order valence-corrected chi connectivity index (χ0v) is 22.9. The van der Waals surface area contributed by atoms with Gasteiger partial charge in [-0.2, -0.15) is 0 Å². The lowest BCUT2D eigenvalue weighted by molar-refractivity contribution is -0.384. The van der Waals surface area contributed by atoms with Crippen LogP contribution >= 0.6 is 0 Å². The number of nitrogens with one attached hydrogen (secondary N) is 1. The number of anilines is 1. The van der Waals surface area contributed by atoms with Gasteiger partial charge in [-0.3, -0.25) is 24.0 Å². The molecular weight excluding hydrogens is 543 g/mol. The highest BCUT2D eigenvalue weighted by molar-refractivity contribution is 7.92. The molecule has 0 saturated carbocycles. The van der Waals surface area contributed by atoms with Crippen molar-refractivity contribution in [3.05, 3.63) is 99.9 Å². The fourth-order valence-electron chi connectivity index (χ4n) is 4.11. The smallest absolute Gasteiger partial charge is 0.271 e. The van der Waals surface area contributed by atoms with Gasteiger partial charge in [0.1, 0.15) is 29.8 Å². The van der Waals surface area contributed by atoms with Crippen LogP contribution in [-0.2, 0) is 32.6 Å². The maximum absolute atomic E-state index is 14.7. The zero-order chi connectivity index (χ0) is 29.4. The summed E-state index contributed by atoms with van der Waals surface area (Å²) in [6, 6.07) is 16.7. The molecule has 0 aromatic heterocycles. The minimum absolute atomic E-state index is 0.0309. The summed E-state index contributed by atoms with van der Waals surface area (Å²) in [4.78, 5) is 38.8. The van der Waals surface area contributed by atoms with E-state index >= 15 is 0 Å². The molecule has 0 unspecified atom stereocenters. The van der Waals surface area contributed by atoms with Crippen molar-refractivity contribution in [2.75, 3.05) is 31.3 Å². The molecule has 3 aromatic carbocycles. The van der Waals surface area contributed by atoms with Gasteiger partial charge in [0.05, 0.1) is 18.3 Å². The number of nitrogens with zero attached hydrogens (tertiary/aromatic N) is 3. The van der Waals surface area contributed by atoms with Gasteiger partial charge in [-0.25, -0.2) is 12.8 Å². The highest BCUT2D eigenvalue weighted by Crippen LogP contribution is 2.34. The number of hydrogen-bond acceptors (Lipinski definition) is 7. The summed E-state index contributed by atoms with van der Waals surface area (Å²) >= 11 is 0. The van der Waals surface area contributed by atoms with Crippen molar-refractivity contribution in [1.82, 2.24) is 10.2 Å². The fourth-order valence-corrected chi connectivity index (χ4v) is 4.96. The molecular formula is C27H29FN4O7S. The number of benzene rings is 3. The monoisotopic (exact) mass is 572 g/mol. The minimum Gasteiger partial charge on any atom is -0.495 e. The SMILES string of the molecule is CNC(=O)[C@@H](Cc1ccccc1)N(Cc1ccccc1F)C(=O)CN(c1cc([N+](=O)[O-])ccc1OC)S(C)(=O)=O. The number of sulfonamides is 1. The lowest BCUT2D eigenvalue weighted by Crippen LogP contribution is -2.53. The van der Waals surface area contributed by atoms with Crippen molar-refractivity contribution >= 4 is 33.2 Å². The molecule has 13 heteroatoms. The molecule has 0 saturated heterocycles. The summed E-state index contributed by atoms with van der Waals surface area (Å²) in [5, 5.41) is 13.9. The van der Waals surface area contributed by atoms with Gasteiger partial charge in [-0.05, 0) is 17.7 Å². The molecule has 0 aliphatic heterocycles. The third kappa shape index (κ3) is 7.32. The molecule has 1 atom stereocenters. The molecule has 0 spiro atoms. The van der Waals surface area contributed by atoms with Crippen LogP contribution < -0.4 is 14.4 Å². The number of carbonyl (C=O) groups excluding carboxylic acids is 2. The van der Waals surface area contributed by atoms with Crippen molar-refractivity contribution in [1.29, 1.82) is 0 Å². The molecule has 212 valence electrons. The predicted molar refractivity (Wildman–Crippen MR) is 147 cm³/mol. The van der Waals surface area contributed by atoms with Crippen LogP contribution in [0.1, 0.15) is 11.1 Å². The maximum Gasteiger partial charge on any atom is 0.271 e. The first-order valence-corrected chi connectivity index (χ1v) is 13.9. The number of non-ortho nitro benzene ring substituents is 1. The number of halogens is 1. The number of carbonyl (C=O) groups is 2. The third-order valence-electron chi connectivity index (χ3n) is 6.14. The third-order valence-corrected chi connectivity index (χ3v) is 7.26. The molecule has 2 amide bonds. The first-order valence-electron chi connectivity index (χ1n) is 12.0. The van der Waals surface area contributed by atoms with Crippen LogP contribution in [0.2, 0.25) is 0 Å². The van der Waals surface area contributed by atoms with Gasteiger partial charge in [0.15, 0.2) is 0 Å². The van der Waals surface area contributed by atoms with Gasteiger partial charge in [-0.1, -0.05) is 48.5 Å². The molecule has 3 rings (SSSR count). The van der Waals surface area contributed by atoms with E-state index in [0.717, 1.165) is 23.3 Å². The summed E-state index contributed by atoms with van der Waals surface area (Å²) in [7, 11) is -1.56. The molecule has 0 bridgehead atoms. The van der Waals surface area contributed by atoms with E-state index in [0.29, 0.717) is 9.87 Å². The normalized spacial score (nSPS) is 11.8. The Morgan fingerprint density at radius 2 is 1.73 bits per heavy atom. The Labute approximate surface area is 231 Å². The van der Waals surface area contributed by atoms with E-state index in [9.17, 15) is 32.5 Å². The quantitative estimate of drug-likeness (QED) is 0.260. The second-order valence-corrected chi connectivity index (χ2v) is 10.7. The van der Waals surface area contributed by atoms with E-state index in [1.54, 1.807) is 36.4 Å². The number of nitro benzene ring substituents is 1. The van der Waals surface area contributed by atoms with Crippen molar-refractivity contribution in [3.63, 3.8) is 0 Å². The molecule has 0 aliphatic rings. The lowest BCUT2D eigenvalue weighted by Gasteiger charge is -2.33. The number of ether oxygens (including phenoxy) is 1. The second-order valence-electron chi connectivity index (χ2n) is 8.82. The van der Waals surface area contributed by atoms with Gasteiger partial charge in [0, 0.05) is 37.7 Å². The van der Waals surface area contributed by atoms with Gasteiger partial charge >= 0.3 is 0 Å². The van der Waals surface area contributed by atoms with Crippen LogP contribution in [-0.4, -0.2) is 63.1 Å². The van der Waals surface area contributed by atoms with Gasteiger partial charge < -0.3 is 15.0 Å². The number of hydrogen-bond donors (Lipinski definition) is 1. The number of methoxy groups -OCH3 is 1. The summed E-state index contributed by atoms with van der Waals surface area (Å²) in [5.41, 5.74) is 0.157. The first kappa shape index (κ1) is 30.0. The Kier molecular flexibility index (Phi) is 9.78. The summed E-state index contributed by atoms with van der Waals surface area (Å²) in [6.45, 7) is -1.19. The van der Waals surface area contributed by atoms with E-state index in [1.807, 2.05) is 0 Å². The van der Waals surface area contributed by atoms with Crippen molar-refractivity contribution in [2.24, 2.45) is 0 Å². The van der Waals surface area contributed by atoms with Crippen LogP contribution in [0.3, 0.4) is 0 Å². The number of likely N-dealkylation sites (N-methyl/N-ethyl adjacent to an activating group) is 1. The largest absolute Gasteiger partial charge is 0.495 e. The Morgan fingerprint density at radius 1 is 1.07 bits per heavy atom. The maximum atomic E-state index is 14.7. The zero-order valence-electron chi connectivity index (χ0n) is 22.1. The summed E-state index contributed by atoms with van der Waals surface area (Å²) < 4.78 is 46.4. The highest BCUT2D eigenvalue weighted by Gasteiger charge is 2.34. The average molecular weight is 573 g/mol. The molecule has 0 radical (unpaired) electrons. The first-order chi connectivity index (χ1) is 19.0. The summed E-state index contributed by atoms with van der Waals surface area (Å²) in [5.74, 6) is -2.04. The highest BCUT2D eigenvalue weighted by atomic mass is 32.2. The second kappa shape index (κ2) is 13.0. The van der Waals surface area contributed by atoms with Gasteiger partial charge in [-0.15, -0.1) is 0 Å². The molecule has 0 fully saturated rings. The standard InChI is InChI=1S/C27H29FN4O7S/c1-29-27(34)24(15-19-9-5-4-6-10-19)30(17-20-11-7-8-12-22(20)28)26(33)18-31(40(3,37)38)23-16-21(32(35)36)13-14-25(23)39-2/h4-14,16,24H,15,17-18H2,1-3H3,(H,29,34)/t24-/m1/s1. The predicted octanol–water partition coefficient (Wildman–Crippen LogP) is 2.89. The van der Waals surface area contributed by atoms with Gasteiger partial charge in [0.2, 0.25) is 21.8 Å². The van der Waals surface area contributed by atoms with Crippen LogP contribution in [0.4, 0.5) is 15.8 Å². The average Bonchev–Trinajstić information content (AvgIpc) is 2.93. The van der Waals surface area contributed by atoms with E-state index in [4.69, 9.17) is 4.74 Å². The number of nitro groups is 1. The Hall–Kier alpha value is -4.52. The molecule has 1 N–H and O–H groups in total. The van der Waals surface area contributed by atoms with Crippen LogP contribution in [0.15, 0.2) is 72.8 Å². The molecule has 0 heterocycles. The molecule has 0 aliphatic carbocycles. The van der Waals surface area contributed by atoms with Crippen LogP contribution in [0.25, 0.3) is 0 Å². The Bertz CT molecular complexity index is 1490.